The molecular formula is C16H21N5O. The highest BCUT2D eigenvalue weighted by Gasteiger charge is 2.08. The molecule has 116 valence electrons. The summed E-state index contributed by atoms with van der Waals surface area (Å²) < 4.78 is 0. The van der Waals surface area contributed by atoms with Gasteiger partial charge in [-0.3, -0.25) is 9.78 Å². The number of carbonyl (C=O) groups is 1. The van der Waals surface area contributed by atoms with E-state index in [0.717, 1.165) is 17.8 Å². The van der Waals surface area contributed by atoms with E-state index in [1.165, 1.54) is 0 Å². The van der Waals surface area contributed by atoms with Gasteiger partial charge in [0.1, 0.15) is 5.82 Å². The molecule has 0 bridgehead atoms. The van der Waals surface area contributed by atoms with Crippen LogP contribution in [0.25, 0.3) is 11.3 Å². The molecule has 22 heavy (non-hydrogen) atoms. The average molecular weight is 299 g/mol. The van der Waals surface area contributed by atoms with Crippen LogP contribution in [0.4, 0.5) is 5.82 Å². The second kappa shape index (κ2) is 7.51. The third-order valence-electron chi connectivity index (χ3n) is 3.17. The molecule has 1 aromatic heterocycles. The minimum Gasteiger partial charge on any atom is -0.372 e. The Morgan fingerprint density at radius 2 is 2.05 bits per heavy atom. The maximum atomic E-state index is 12.1. The van der Waals surface area contributed by atoms with Gasteiger partial charge in [-0.1, -0.05) is 12.1 Å². The van der Waals surface area contributed by atoms with Gasteiger partial charge in [-0.25, -0.2) is 4.98 Å². The molecular weight excluding hydrogens is 278 g/mol. The van der Waals surface area contributed by atoms with Crippen LogP contribution in [0.5, 0.6) is 0 Å². The molecule has 0 saturated carbocycles. The normalized spacial score (nSPS) is 10.5. The van der Waals surface area contributed by atoms with Gasteiger partial charge in [-0.05, 0) is 26.2 Å². The molecule has 0 saturated heterocycles. The minimum atomic E-state index is -0.0801. The van der Waals surface area contributed by atoms with Gasteiger partial charge in [0.2, 0.25) is 0 Å². The average Bonchev–Trinajstić information content (AvgIpc) is 2.54. The van der Waals surface area contributed by atoms with Crippen molar-refractivity contribution in [3.63, 3.8) is 0 Å². The molecule has 0 radical (unpaired) electrons. The quantitative estimate of drug-likeness (QED) is 0.845. The van der Waals surface area contributed by atoms with Gasteiger partial charge in [-0.15, -0.1) is 0 Å². The van der Waals surface area contributed by atoms with Crippen molar-refractivity contribution >= 4 is 11.7 Å². The molecule has 2 rings (SSSR count). The highest BCUT2D eigenvalue weighted by atomic mass is 16.1. The van der Waals surface area contributed by atoms with Crippen LogP contribution in [0.2, 0.25) is 0 Å². The standard InChI is InChI=1S/C16H21N5O/c1-17-15-11-19-14(10-20-15)12-5-4-6-13(9-12)16(22)18-7-8-21(2)3/h4-6,9-11H,7-8H2,1-3H3,(H,17,20)(H,18,22). The lowest BCUT2D eigenvalue weighted by Gasteiger charge is -2.11. The summed E-state index contributed by atoms with van der Waals surface area (Å²) in [5, 5.41) is 5.83. The lowest BCUT2D eigenvalue weighted by Crippen LogP contribution is -2.31. The van der Waals surface area contributed by atoms with Crippen LogP contribution in [-0.4, -0.2) is 55.0 Å². The van der Waals surface area contributed by atoms with E-state index in [4.69, 9.17) is 0 Å². The van der Waals surface area contributed by atoms with Gasteiger partial charge in [0.05, 0.1) is 18.1 Å². The molecule has 0 unspecified atom stereocenters. The summed E-state index contributed by atoms with van der Waals surface area (Å²) in [7, 11) is 5.74. The first-order chi connectivity index (χ1) is 10.6. The third kappa shape index (κ3) is 4.26. The maximum Gasteiger partial charge on any atom is 0.251 e. The fourth-order valence-electron chi connectivity index (χ4n) is 1.92. The lowest BCUT2D eigenvalue weighted by molar-refractivity contribution is 0.0951. The molecule has 0 aliphatic heterocycles. The zero-order valence-corrected chi connectivity index (χ0v) is 13.1. The predicted molar refractivity (Wildman–Crippen MR) is 87.9 cm³/mol. The van der Waals surface area contributed by atoms with Crippen molar-refractivity contribution in [2.75, 3.05) is 39.5 Å². The highest BCUT2D eigenvalue weighted by Crippen LogP contribution is 2.18. The largest absolute Gasteiger partial charge is 0.372 e. The molecule has 2 aromatic rings. The van der Waals surface area contributed by atoms with E-state index in [0.29, 0.717) is 17.9 Å². The first-order valence-corrected chi connectivity index (χ1v) is 7.13. The summed E-state index contributed by atoms with van der Waals surface area (Å²) >= 11 is 0. The minimum absolute atomic E-state index is 0.0801. The van der Waals surface area contributed by atoms with Crippen LogP contribution in [-0.2, 0) is 0 Å². The molecule has 0 atom stereocenters. The van der Waals surface area contributed by atoms with E-state index in [2.05, 4.69) is 20.6 Å². The Bertz CT molecular complexity index is 625. The Balaban J connectivity index is 2.10. The molecule has 6 heteroatoms. The van der Waals surface area contributed by atoms with E-state index in [9.17, 15) is 4.79 Å². The molecule has 1 heterocycles. The fraction of sp³-hybridized carbons (Fsp3) is 0.312. The van der Waals surface area contributed by atoms with E-state index in [1.54, 1.807) is 25.5 Å². The molecule has 0 fully saturated rings. The van der Waals surface area contributed by atoms with Gasteiger partial charge in [0.25, 0.3) is 5.91 Å². The Kier molecular flexibility index (Phi) is 5.43. The summed E-state index contributed by atoms with van der Waals surface area (Å²) in [6.45, 7) is 1.43. The van der Waals surface area contributed by atoms with E-state index < -0.39 is 0 Å². The summed E-state index contributed by atoms with van der Waals surface area (Å²) in [5.41, 5.74) is 2.23. The van der Waals surface area contributed by atoms with E-state index >= 15 is 0 Å². The Morgan fingerprint density at radius 3 is 2.68 bits per heavy atom. The van der Waals surface area contributed by atoms with Crippen molar-refractivity contribution in [3.8, 4) is 11.3 Å². The molecule has 2 N–H and O–H groups in total. The summed E-state index contributed by atoms with van der Waals surface area (Å²) in [6, 6.07) is 7.39. The Labute approximate surface area is 130 Å². The Morgan fingerprint density at radius 1 is 1.23 bits per heavy atom. The summed E-state index contributed by atoms with van der Waals surface area (Å²) in [5.74, 6) is 0.629. The number of aromatic nitrogens is 2. The van der Waals surface area contributed by atoms with Gasteiger partial charge >= 0.3 is 0 Å². The van der Waals surface area contributed by atoms with Gasteiger partial charge in [-0.2, -0.15) is 0 Å². The van der Waals surface area contributed by atoms with Crippen molar-refractivity contribution in [2.45, 2.75) is 0 Å². The number of amides is 1. The second-order valence-electron chi connectivity index (χ2n) is 5.18. The Hall–Kier alpha value is -2.47. The highest BCUT2D eigenvalue weighted by molar-refractivity contribution is 5.95. The van der Waals surface area contributed by atoms with Crippen molar-refractivity contribution in [3.05, 3.63) is 42.2 Å². The fourth-order valence-corrected chi connectivity index (χ4v) is 1.92. The van der Waals surface area contributed by atoms with E-state index in [1.807, 2.05) is 37.2 Å². The van der Waals surface area contributed by atoms with E-state index in [-0.39, 0.29) is 5.91 Å². The molecule has 0 aliphatic carbocycles. The van der Waals surface area contributed by atoms with Crippen molar-refractivity contribution in [2.24, 2.45) is 0 Å². The molecule has 0 spiro atoms. The summed E-state index contributed by atoms with van der Waals surface area (Å²) in [6.07, 6.45) is 3.36. The lowest BCUT2D eigenvalue weighted by atomic mass is 10.1. The maximum absolute atomic E-state index is 12.1. The zero-order chi connectivity index (χ0) is 15.9. The van der Waals surface area contributed by atoms with Crippen LogP contribution in [0.3, 0.4) is 0 Å². The number of anilines is 1. The number of rotatable bonds is 6. The van der Waals surface area contributed by atoms with Crippen LogP contribution >= 0.6 is 0 Å². The molecule has 1 aromatic carbocycles. The molecule has 6 nitrogen and oxygen atoms in total. The van der Waals surface area contributed by atoms with Crippen LogP contribution in [0, 0.1) is 0 Å². The number of nitrogens with zero attached hydrogens (tertiary/aromatic N) is 3. The second-order valence-corrected chi connectivity index (χ2v) is 5.18. The number of carbonyl (C=O) groups excluding carboxylic acids is 1. The number of nitrogens with one attached hydrogen (secondary N) is 2. The predicted octanol–water partition coefficient (Wildman–Crippen LogP) is 1.48. The first-order valence-electron chi connectivity index (χ1n) is 7.13. The molecule has 1 amide bonds. The number of likely N-dealkylation sites (N-methyl/N-ethyl adjacent to an activating group) is 1. The number of benzene rings is 1. The van der Waals surface area contributed by atoms with Crippen LogP contribution < -0.4 is 10.6 Å². The number of hydrogen-bond donors (Lipinski definition) is 2. The van der Waals surface area contributed by atoms with Crippen molar-refractivity contribution in [1.29, 1.82) is 0 Å². The van der Waals surface area contributed by atoms with Gasteiger partial charge < -0.3 is 15.5 Å². The monoisotopic (exact) mass is 299 g/mol. The smallest absolute Gasteiger partial charge is 0.251 e. The first kappa shape index (κ1) is 15.9. The van der Waals surface area contributed by atoms with Gasteiger partial charge in [0, 0.05) is 31.3 Å². The SMILES string of the molecule is CNc1cnc(-c2cccc(C(=O)NCCN(C)C)c2)cn1. The topological polar surface area (TPSA) is 70.2 Å². The van der Waals surface area contributed by atoms with Crippen molar-refractivity contribution in [1.82, 2.24) is 20.2 Å². The van der Waals surface area contributed by atoms with Crippen LogP contribution in [0.1, 0.15) is 10.4 Å². The third-order valence-corrected chi connectivity index (χ3v) is 3.17. The summed E-state index contributed by atoms with van der Waals surface area (Å²) in [4.78, 5) is 22.7. The number of hydrogen-bond acceptors (Lipinski definition) is 5. The van der Waals surface area contributed by atoms with Gasteiger partial charge in [0.15, 0.2) is 0 Å². The van der Waals surface area contributed by atoms with Crippen molar-refractivity contribution < 1.29 is 4.79 Å². The molecule has 0 aliphatic rings. The zero-order valence-electron chi connectivity index (χ0n) is 13.1. The van der Waals surface area contributed by atoms with Crippen LogP contribution in [0.15, 0.2) is 36.7 Å².